The SMILES string of the molecule is CC(=O)c1cc2c(cc1NC(=O)c1cc(F)cc(Br)c1)OCO2. The van der Waals surface area contributed by atoms with Gasteiger partial charge in [0.15, 0.2) is 17.3 Å². The normalized spacial score (nSPS) is 12.1. The topological polar surface area (TPSA) is 64.6 Å². The lowest BCUT2D eigenvalue weighted by molar-refractivity contribution is 0.101. The fraction of sp³-hybridized carbons (Fsp3) is 0.125. The monoisotopic (exact) mass is 379 g/mol. The van der Waals surface area contributed by atoms with Gasteiger partial charge in [-0.3, -0.25) is 9.59 Å². The number of anilines is 1. The summed E-state index contributed by atoms with van der Waals surface area (Å²) in [5.74, 6) is -0.431. The van der Waals surface area contributed by atoms with Gasteiger partial charge >= 0.3 is 0 Å². The van der Waals surface area contributed by atoms with Crippen LogP contribution in [0.1, 0.15) is 27.6 Å². The van der Waals surface area contributed by atoms with E-state index in [0.717, 1.165) is 6.07 Å². The first kappa shape index (κ1) is 15.5. The van der Waals surface area contributed by atoms with Crippen molar-refractivity contribution in [3.8, 4) is 11.5 Å². The average Bonchev–Trinajstić information content (AvgIpc) is 2.92. The minimum absolute atomic E-state index is 0.0565. The number of hydrogen-bond acceptors (Lipinski definition) is 4. The Morgan fingerprint density at radius 1 is 1.13 bits per heavy atom. The standard InChI is InChI=1S/C16H11BrFNO4/c1-8(20)12-5-14-15(23-7-22-14)6-13(12)19-16(21)9-2-10(17)4-11(18)3-9/h2-6H,7H2,1H3,(H,19,21). The minimum Gasteiger partial charge on any atom is -0.454 e. The van der Waals surface area contributed by atoms with Gasteiger partial charge in [0.25, 0.3) is 5.91 Å². The molecule has 0 spiro atoms. The first-order chi connectivity index (χ1) is 10.9. The Morgan fingerprint density at radius 2 is 1.83 bits per heavy atom. The molecular formula is C16H11BrFNO4. The quantitative estimate of drug-likeness (QED) is 0.824. The van der Waals surface area contributed by atoms with E-state index >= 15 is 0 Å². The van der Waals surface area contributed by atoms with E-state index in [9.17, 15) is 14.0 Å². The van der Waals surface area contributed by atoms with Crippen LogP contribution in [-0.2, 0) is 0 Å². The summed E-state index contributed by atoms with van der Waals surface area (Å²) in [6.45, 7) is 1.44. The van der Waals surface area contributed by atoms with Gasteiger partial charge in [0.05, 0.1) is 5.69 Å². The number of ketones is 1. The lowest BCUT2D eigenvalue weighted by Gasteiger charge is -2.11. The van der Waals surface area contributed by atoms with E-state index in [2.05, 4.69) is 21.2 Å². The Morgan fingerprint density at radius 3 is 2.48 bits per heavy atom. The highest BCUT2D eigenvalue weighted by molar-refractivity contribution is 9.10. The van der Waals surface area contributed by atoms with Crippen LogP contribution in [0.3, 0.4) is 0 Å². The molecular weight excluding hydrogens is 369 g/mol. The third-order valence-electron chi connectivity index (χ3n) is 3.26. The van der Waals surface area contributed by atoms with Crippen molar-refractivity contribution in [2.24, 2.45) is 0 Å². The Bertz CT molecular complexity index is 802. The molecule has 1 heterocycles. The van der Waals surface area contributed by atoms with E-state index in [1.54, 1.807) is 0 Å². The van der Waals surface area contributed by atoms with Gasteiger partial charge in [-0.2, -0.15) is 0 Å². The van der Waals surface area contributed by atoms with Crippen LogP contribution in [0.25, 0.3) is 0 Å². The Hall–Kier alpha value is -2.41. The van der Waals surface area contributed by atoms with Crippen molar-refractivity contribution in [3.63, 3.8) is 0 Å². The molecule has 1 amide bonds. The van der Waals surface area contributed by atoms with Gasteiger partial charge in [-0.25, -0.2) is 4.39 Å². The summed E-state index contributed by atoms with van der Waals surface area (Å²) in [7, 11) is 0. The van der Waals surface area contributed by atoms with Crippen molar-refractivity contribution >= 4 is 33.3 Å². The molecule has 0 bridgehead atoms. The molecule has 0 atom stereocenters. The van der Waals surface area contributed by atoms with E-state index in [4.69, 9.17) is 9.47 Å². The van der Waals surface area contributed by atoms with Gasteiger partial charge in [0.2, 0.25) is 6.79 Å². The zero-order valence-electron chi connectivity index (χ0n) is 12.0. The number of halogens is 2. The maximum absolute atomic E-state index is 13.4. The molecule has 1 aliphatic rings. The first-order valence-electron chi connectivity index (χ1n) is 6.66. The number of carbonyl (C=O) groups is 2. The highest BCUT2D eigenvalue weighted by Crippen LogP contribution is 2.37. The van der Waals surface area contributed by atoms with Crippen LogP contribution in [-0.4, -0.2) is 18.5 Å². The fourth-order valence-corrected chi connectivity index (χ4v) is 2.68. The number of amides is 1. The maximum atomic E-state index is 13.4. The van der Waals surface area contributed by atoms with E-state index in [-0.39, 0.29) is 29.4 Å². The van der Waals surface area contributed by atoms with Crippen LogP contribution in [0, 0.1) is 5.82 Å². The number of ether oxygens (including phenoxy) is 2. The van der Waals surface area contributed by atoms with Crippen LogP contribution in [0.5, 0.6) is 11.5 Å². The van der Waals surface area contributed by atoms with Crippen LogP contribution in [0.4, 0.5) is 10.1 Å². The minimum atomic E-state index is -0.540. The highest BCUT2D eigenvalue weighted by atomic mass is 79.9. The summed E-state index contributed by atoms with van der Waals surface area (Å²) in [5.41, 5.74) is 0.703. The molecule has 0 aromatic heterocycles. The van der Waals surface area contributed by atoms with Crippen LogP contribution >= 0.6 is 15.9 Å². The van der Waals surface area contributed by atoms with Crippen molar-refractivity contribution in [1.29, 1.82) is 0 Å². The predicted octanol–water partition coefficient (Wildman–Crippen LogP) is 3.77. The Balaban J connectivity index is 1.95. The van der Waals surface area contributed by atoms with Gasteiger partial charge in [-0.1, -0.05) is 15.9 Å². The Kier molecular flexibility index (Phi) is 4.04. The van der Waals surface area contributed by atoms with Crippen molar-refractivity contribution in [2.45, 2.75) is 6.92 Å². The van der Waals surface area contributed by atoms with Crippen LogP contribution < -0.4 is 14.8 Å². The smallest absolute Gasteiger partial charge is 0.255 e. The molecule has 3 rings (SSSR count). The van der Waals surface area contributed by atoms with Gasteiger partial charge in [0.1, 0.15) is 5.82 Å². The third kappa shape index (κ3) is 3.19. The summed E-state index contributed by atoms with van der Waals surface area (Å²) in [4.78, 5) is 24.1. The van der Waals surface area contributed by atoms with Crippen LogP contribution in [0.15, 0.2) is 34.8 Å². The van der Waals surface area contributed by atoms with Gasteiger partial charge in [-0.15, -0.1) is 0 Å². The highest BCUT2D eigenvalue weighted by Gasteiger charge is 2.21. The molecule has 5 nitrogen and oxygen atoms in total. The number of nitrogens with one attached hydrogen (secondary N) is 1. The van der Waals surface area contributed by atoms with Crippen molar-refractivity contribution in [2.75, 3.05) is 12.1 Å². The second kappa shape index (κ2) is 6.00. The molecule has 2 aromatic carbocycles. The van der Waals surface area contributed by atoms with E-state index in [1.807, 2.05) is 0 Å². The second-order valence-corrected chi connectivity index (χ2v) is 5.84. The lowest BCUT2D eigenvalue weighted by Crippen LogP contribution is -2.14. The molecule has 7 heteroatoms. The number of Topliss-reactive ketones (excluding diaryl/α,β-unsaturated/α-hetero) is 1. The van der Waals surface area contributed by atoms with Crippen LogP contribution in [0.2, 0.25) is 0 Å². The largest absolute Gasteiger partial charge is 0.454 e. The number of rotatable bonds is 3. The summed E-state index contributed by atoms with van der Waals surface area (Å²) in [6, 6.07) is 6.88. The molecule has 23 heavy (non-hydrogen) atoms. The van der Waals surface area contributed by atoms with E-state index in [1.165, 1.54) is 31.2 Å². The lowest BCUT2D eigenvalue weighted by atomic mass is 10.1. The molecule has 2 aromatic rings. The summed E-state index contributed by atoms with van der Waals surface area (Å²) in [5, 5.41) is 2.61. The molecule has 0 saturated heterocycles. The number of carbonyl (C=O) groups excluding carboxylic acids is 2. The molecule has 0 saturated carbocycles. The summed E-state index contributed by atoms with van der Waals surface area (Å²) >= 11 is 3.13. The maximum Gasteiger partial charge on any atom is 0.255 e. The molecule has 1 N–H and O–H groups in total. The van der Waals surface area contributed by atoms with Gasteiger partial charge in [0, 0.05) is 21.7 Å². The number of fused-ring (bicyclic) bond motifs is 1. The average molecular weight is 380 g/mol. The van der Waals surface area contributed by atoms with Crippen molar-refractivity contribution in [3.05, 3.63) is 51.7 Å². The molecule has 0 fully saturated rings. The predicted molar refractivity (Wildman–Crippen MR) is 84.6 cm³/mol. The van der Waals surface area contributed by atoms with Crippen molar-refractivity contribution < 1.29 is 23.5 Å². The first-order valence-corrected chi connectivity index (χ1v) is 7.45. The van der Waals surface area contributed by atoms with Crippen molar-refractivity contribution in [1.82, 2.24) is 0 Å². The molecule has 118 valence electrons. The molecule has 1 aliphatic heterocycles. The van der Waals surface area contributed by atoms with Gasteiger partial charge in [-0.05, 0) is 31.2 Å². The van der Waals surface area contributed by atoms with E-state index in [0.29, 0.717) is 16.0 Å². The molecule has 0 aliphatic carbocycles. The van der Waals surface area contributed by atoms with E-state index < -0.39 is 11.7 Å². The fourth-order valence-electron chi connectivity index (χ4n) is 2.22. The number of benzene rings is 2. The zero-order chi connectivity index (χ0) is 16.6. The number of hydrogen-bond donors (Lipinski definition) is 1. The molecule has 0 unspecified atom stereocenters. The summed E-state index contributed by atoms with van der Waals surface area (Å²) < 4.78 is 24.3. The Labute approximate surface area is 139 Å². The molecule has 0 radical (unpaired) electrons. The zero-order valence-corrected chi connectivity index (χ0v) is 13.6. The third-order valence-corrected chi connectivity index (χ3v) is 3.72. The second-order valence-electron chi connectivity index (χ2n) is 4.92. The van der Waals surface area contributed by atoms with Gasteiger partial charge < -0.3 is 14.8 Å². The summed E-state index contributed by atoms with van der Waals surface area (Å²) in [6.07, 6.45) is 0.